The van der Waals surface area contributed by atoms with E-state index in [4.69, 9.17) is 4.42 Å². The van der Waals surface area contributed by atoms with Crippen molar-refractivity contribution in [2.45, 2.75) is 24.2 Å². The quantitative estimate of drug-likeness (QED) is 0.579. The lowest BCUT2D eigenvalue weighted by atomic mass is 10.1. The Balaban J connectivity index is 2.78. The molecule has 0 saturated carbocycles. The average Bonchev–Trinajstić information content (AvgIpc) is 2.34. The van der Waals surface area contributed by atoms with Crippen LogP contribution in [-0.4, -0.2) is 0 Å². The van der Waals surface area contributed by atoms with E-state index in [9.17, 15) is 0 Å². The highest BCUT2D eigenvalue weighted by atomic mass is 127. The van der Waals surface area contributed by atoms with Gasteiger partial charge in [0.1, 0.15) is 5.76 Å². The van der Waals surface area contributed by atoms with Gasteiger partial charge in [-0.15, -0.1) is 0 Å². The molecule has 2 heteroatoms. The van der Waals surface area contributed by atoms with Crippen molar-refractivity contribution in [3.05, 3.63) is 23.7 Å². The molecule has 0 bridgehead atoms. The second kappa shape index (κ2) is 3.42. The molecule has 0 aliphatic rings. The van der Waals surface area contributed by atoms with Crippen LogP contribution in [0.2, 0.25) is 0 Å². The fraction of sp³-hybridized carbons (Fsp3) is 0.500. The molecule has 1 nitrogen and oxygen atoms in total. The number of hydrogen-bond acceptors (Lipinski definition) is 1. The van der Waals surface area contributed by atoms with Crippen LogP contribution < -0.4 is 0 Å². The van der Waals surface area contributed by atoms with Gasteiger partial charge in [0.05, 0.1) is 6.26 Å². The Kier molecular flexibility index (Phi) is 2.77. The topological polar surface area (TPSA) is 13.1 Å². The summed E-state index contributed by atoms with van der Waals surface area (Å²) in [6, 6.07) is 2.12. The number of rotatable bonds is 2. The normalized spacial score (nSPS) is 10.8. The first-order valence-corrected chi connectivity index (χ1v) is 4.90. The molecule has 0 N–H and O–H groups in total. The Hall–Kier alpha value is 0.01000. The molecular weight excluding hydrogens is 239 g/mol. The molecule has 1 aromatic heterocycles. The predicted molar refractivity (Wildman–Crippen MR) is 50.5 cm³/mol. The van der Waals surface area contributed by atoms with Crippen molar-refractivity contribution in [2.75, 3.05) is 0 Å². The molecule has 0 aliphatic carbocycles. The van der Waals surface area contributed by atoms with Crippen LogP contribution in [0.5, 0.6) is 0 Å². The van der Waals surface area contributed by atoms with Gasteiger partial charge in [-0.3, -0.25) is 0 Å². The molecule has 56 valence electrons. The van der Waals surface area contributed by atoms with E-state index in [-0.39, 0.29) is 0 Å². The van der Waals surface area contributed by atoms with Crippen LogP contribution >= 0.6 is 22.6 Å². The van der Waals surface area contributed by atoms with Crippen LogP contribution in [0.15, 0.2) is 16.7 Å². The lowest BCUT2D eigenvalue weighted by Crippen LogP contribution is -1.80. The van der Waals surface area contributed by atoms with E-state index in [2.05, 4.69) is 42.5 Å². The summed E-state index contributed by atoms with van der Waals surface area (Å²) in [6.45, 7) is 4.27. The summed E-state index contributed by atoms with van der Waals surface area (Å²) in [5.41, 5.74) is 1.28. The molecule has 1 aromatic rings. The second-order valence-electron chi connectivity index (χ2n) is 2.65. The van der Waals surface area contributed by atoms with E-state index < -0.39 is 0 Å². The van der Waals surface area contributed by atoms with Gasteiger partial charge in [0.2, 0.25) is 0 Å². The smallest absolute Gasteiger partial charge is 0.106 e. The molecule has 0 spiro atoms. The summed E-state index contributed by atoms with van der Waals surface area (Å²) >= 11 is 2.33. The predicted octanol–water partition coefficient (Wildman–Crippen LogP) is 3.34. The molecule has 0 saturated heterocycles. The monoisotopic (exact) mass is 250 g/mol. The third-order valence-corrected chi connectivity index (χ3v) is 2.28. The summed E-state index contributed by atoms with van der Waals surface area (Å²) in [7, 11) is 0. The fourth-order valence-corrected chi connectivity index (χ4v) is 1.17. The van der Waals surface area contributed by atoms with E-state index in [0.29, 0.717) is 5.92 Å². The van der Waals surface area contributed by atoms with Crippen molar-refractivity contribution < 1.29 is 4.42 Å². The molecule has 0 amide bonds. The molecule has 0 radical (unpaired) electrons. The Labute approximate surface area is 74.9 Å². The Morgan fingerprint density at radius 1 is 1.60 bits per heavy atom. The van der Waals surface area contributed by atoms with E-state index in [0.717, 1.165) is 10.2 Å². The fourth-order valence-electron chi connectivity index (χ4n) is 0.767. The lowest BCUT2D eigenvalue weighted by Gasteiger charge is -1.95. The zero-order valence-corrected chi connectivity index (χ0v) is 8.38. The lowest BCUT2D eigenvalue weighted by molar-refractivity contribution is 0.486. The highest BCUT2D eigenvalue weighted by Crippen LogP contribution is 2.18. The molecule has 0 aromatic carbocycles. The second-order valence-corrected chi connectivity index (χ2v) is 3.41. The van der Waals surface area contributed by atoms with Crippen LogP contribution in [-0.2, 0) is 4.43 Å². The maximum Gasteiger partial charge on any atom is 0.106 e. The minimum Gasteiger partial charge on any atom is -0.469 e. The van der Waals surface area contributed by atoms with Gasteiger partial charge in [0.25, 0.3) is 0 Å². The molecule has 0 fully saturated rings. The number of alkyl halides is 1. The minimum absolute atomic E-state index is 0.511. The van der Waals surface area contributed by atoms with Crippen LogP contribution in [0.4, 0.5) is 0 Å². The number of hydrogen-bond donors (Lipinski definition) is 0. The summed E-state index contributed by atoms with van der Waals surface area (Å²) in [5.74, 6) is 1.60. The van der Waals surface area contributed by atoms with Gasteiger partial charge < -0.3 is 4.42 Å². The molecule has 0 unspecified atom stereocenters. The van der Waals surface area contributed by atoms with Gasteiger partial charge in [-0.25, -0.2) is 0 Å². The minimum atomic E-state index is 0.511. The van der Waals surface area contributed by atoms with Crippen molar-refractivity contribution in [2.24, 2.45) is 0 Å². The van der Waals surface area contributed by atoms with E-state index >= 15 is 0 Å². The Morgan fingerprint density at radius 2 is 2.30 bits per heavy atom. The third kappa shape index (κ3) is 1.75. The van der Waals surface area contributed by atoms with Crippen molar-refractivity contribution in [1.29, 1.82) is 0 Å². The summed E-state index contributed by atoms with van der Waals surface area (Å²) in [4.78, 5) is 0. The van der Waals surface area contributed by atoms with Gasteiger partial charge in [-0.05, 0) is 6.07 Å². The standard InChI is InChI=1S/C8H11IO/c1-6(2)8-3-7(4-9)5-10-8/h3,5-6H,4H2,1-2H3. The van der Waals surface area contributed by atoms with Gasteiger partial charge in [-0.1, -0.05) is 36.4 Å². The van der Waals surface area contributed by atoms with Gasteiger partial charge >= 0.3 is 0 Å². The van der Waals surface area contributed by atoms with E-state index in [1.807, 2.05) is 6.26 Å². The first kappa shape index (κ1) is 8.11. The van der Waals surface area contributed by atoms with Crippen LogP contribution in [0.25, 0.3) is 0 Å². The van der Waals surface area contributed by atoms with Crippen molar-refractivity contribution in [1.82, 2.24) is 0 Å². The molecule has 0 atom stereocenters. The largest absolute Gasteiger partial charge is 0.469 e. The van der Waals surface area contributed by atoms with E-state index in [1.54, 1.807) is 0 Å². The third-order valence-electron chi connectivity index (χ3n) is 1.40. The summed E-state index contributed by atoms with van der Waals surface area (Å²) in [5, 5.41) is 0. The molecule has 1 rings (SSSR count). The molecular formula is C8H11IO. The Bertz CT molecular complexity index is 203. The zero-order chi connectivity index (χ0) is 7.56. The molecule has 0 aliphatic heterocycles. The highest BCUT2D eigenvalue weighted by Gasteiger charge is 2.03. The summed E-state index contributed by atoms with van der Waals surface area (Å²) < 4.78 is 6.35. The maximum atomic E-state index is 5.31. The van der Waals surface area contributed by atoms with Crippen molar-refractivity contribution in [3.8, 4) is 0 Å². The van der Waals surface area contributed by atoms with Crippen molar-refractivity contribution >= 4 is 22.6 Å². The van der Waals surface area contributed by atoms with Crippen LogP contribution in [0.1, 0.15) is 31.1 Å². The SMILES string of the molecule is CC(C)c1cc(CI)co1. The van der Waals surface area contributed by atoms with E-state index in [1.165, 1.54) is 5.56 Å². The van der Waals surface area contributed by atoms with Gasteiger partial charge in [0, 0.05) is 15.9 Å². The summed E-state index contributed by atoms with van der Waals surface area (Å²) in [6.07, 6.45) is 1.84. The number of halogens is 1. The Morgan fingerprint density at radius 3 is 2.60 bits per heavy atom. The first-order chi connectivity index (χ1) is 4.74. The maximum absolute atomic E-state index is 5.31. The van der Waals surface area contributed by atoms with Gasteiger partial charge in [-0.2, -0.15) is 0 Å². The van der Waals surface area contributed by atoms with Crippen molar-refractivity contribution in [3.63, 3.8) is 0 Å². The van der Waals surface area contributed by atoms with Gasteiger partial charge in [0.15, 0.2) is 0 Å². The number of furan rings is 1. The van der Waals surface area contributed by atoms with Crippen LogP contribution in [0, 0.1) is 0 Å². The zero-order valence-electron chi connectivity index (χ0n) is 6.23. The molecule has 10 heavy (non-hydrogen) atoms. The highest BCUT2D eigenvalue weighted by molar-refractivity contribution is 14.1. The van der Waals surface area contributed by atoms with Crippen LogP contribution in [0.3, 0.4) is 0 Å². The average molecular weight is 250 g/mol. The first-order valence-electron chi connectivity index (χ1n) is 3.37. The molecule has 1 heterocycles.